The number of nitrogens with zero attached hydrogens (tertiary/aromatic N) is 2. The molecule has 2 aliphatic rings. The van der Waals surface area contributed by atoms with Crippen molar-refractivity contribution in [2.24, 2.45) is 10.9 Å². The van der Waals surface area contributed by atoms with Crippen LogP contribution >= 0.6 is 11.8 Å². The average molecular weight is 406 g/mol. The minimum atomic E-state index is 0.334. The zero-order valence-corrected chi connectivity index (χ0v) is 18.3. The van der Waals surface area contributed by atoms with E-state index in [1.807, 2.05) is 7.05 Å². The molecule has 0 aliphatic carbocycles. The van der Waals surface area contributed by atoms with Crippen LogP contribution in [0, 0.1) is 5.92 Å². The van der Waals surface area contributed by atoms with Gasteiger partial charge < -0.3 is 19.7 Å². The van der Waals surface area contributed by atoms with Gasteiger partial charge in [0, 0.05) is 50.9 Å². The molecule has 0 radical (unpaired) electrons. The number of thioether (sulfide) groups is 1. The molecule has 0 spiro atoms. The van der Waals surface area contributed by atoms with Gasteiger partial charge in [0.1, 0.15) is 0 Å². The Morgan fingerprint density at radius 2 is 2.11 bits per heavy atom. The number of hydrogen-bond acceptors (Lipinski definition) is 4. The van der Waals surface area contributed by atoms with Gasteiger partial charge in [0.2, 0.25) is 0 Å². The van der Waals surface area contributed by atoms with Gasteiger partial charge in [-0.15, -0.1) is 0 Å². The Morgan fingerprint density at radius 3 is 2.86 bits per heavy atom. The molecule has 6 heteroatoms. The lowest BCUT2D eigenvalue weighted by Gasteiger charge is -2.36. The maximum Gasteiger partial charge on any atom is 0.193 e. The summed E-state index contributed by atoms with van der Waals surface area (Å²) in [7, 11) is 1.88. The van der Waals surface area contributed by atoms with Crippen LogP contribution in [0.4, 0.5) is 0 Å². The quantitative estimate of drug-likeness (QED) is 0.579. The lowest BCUT2D eigenvalue weighted by Crippen LogP contribution is -2.48. The molecule has 0 bridgehead atoms. The van der Waals surface area contributed by atoms with Gasteiger partial charge in [0.25, 0.3) is 0 Å². The fourth-order valence-corrected chi connectivity index (χ4v) is 4.97. The van der Waals surface area contributed by atoms with E-state index in [1.165, 1.54) is 16.9 Å². The number of ether oxygens (including phenoxy) is 2. The van der Waals surface area contributed by atoms with Gasteiger partial charge in [-0.1, -0.05) is 38.1 Å². The second-order valence-electron chi connectivity index (χ2n) is 7.94. The van der Waals surface area contributed by atoms with Crippen LogP contribution in [-0.4, -0.2) is 61.3 Å². The molecule has 1 unspecified atom stereocenters. The standard InChI is InChI=1S/C22H35N3O2S/c1-17(2)21-15-25(9-12-28-21)22(23-3)24-14-18-5-4-6-19(13-18)16-27-20-7-10-26-11-8-20/h4-6,13,17,20-21H,7-12,14-16H2,1-3H3,(H,23,24). The monoisotopic (exact) mass is 405 g/mol. The Morgan fingerprint density at radius 1 is 1.32 bits per heavy atom. The summed E-state index contributed by atoms with van der Waals surface area (Å²) >= 11 is 2.09. The molecule has 2 fully saturated rings. The molecule has 1 aromatic carbocycles. The molecule has 2 aliphatic heterocycles. The molecular formula is C22H35N3O2S. The smallest absolute Gasteiger partial charge is 0.193 e. The first-order valence-corrected chi connectivity index (χ1v) is 11.5. The fraction of sp³-hybridized carbons (Fsp3) is 0.682. The van der Waals surface area contributed by atoms with Gasteiger partial charge in [-0.2, -0.15) is 11.8 Å². The lowest BCUT2D eigenvalue weighted by molar-refractivity contribution is -0.0390. The van der Waals surface area contributed by atoms with Crippen LogP contribution in [0.15, 0.2) is 29.3 Å². The third-order valence-corrected chi connectivity index (χ3v) is 6.98. The summed E-state index contributed by atoms with van der Waals surface area (Å²) in [5.41, 5.74) is 2.50. The topological polar surface area (TPSA) is 46.1 Å². The van der Waals surface area contributed by atoms with E-state index in [0.717, 1.165) is 51.6 Å². The van der Waals surface area contributed by atoms with E-state index in [2.05, 4.69) is 65.1 Å². The zero-order valence-electron chi connectivity index (χ0n) is 17.5. The highest BCUT2D eigenvalue weighted by molar-refractivity contribution is 8.00. The van der Waals surface area contributed by atoms with E-state index in [4.69, 9.17) is 9.47 Å². The fourth-order valence-electron chi connectivity index (χ4n) is 3.67. The number of benzene rings is 1. The van der Waals surface area contributed by atoms with Gasteiger partial charge in [-0.3, -0.25) is 4.99 Å². The van der Waals surface area contributed by atoms with Crippen molar-refractivity contribution in [2.75, 3.05) is 39.1 Å². The van der Waals surface area contributed by atoms with Crippen LogP contribution in [0.5, 0.6) is 0 Å². The maximum atomic E-state index is 6.07. The molecule has 0 aromatic heterocycles. The lowest BCUT2D eigenvalue weighted by atomic mass is 10.1. The van der Waals surface area contributed by atoms with Crippen LogP contribution in [0.1, 0.15) is 37.8 Å². The van der Waals surface area contributed by atoms with Crippen LogP contribution in [0.2, 0.25) is 0 Å². The van der Waals surface area contributed by atoms with Crippen molar-refractivity contribution < 1.29 is 9.47 Å². The first-order valence-electron chi connectivity index (χ1n) is 10.5. The number of aliphatic imine (C=N–C) groups is 1. The van der Waals surface area contributed by atoms with Crippen molar-refractivity contribution in [1.82, 2.24) is 10.2 Å². The summed E-state index contributed by atoms with van der Waals surface area (Å²) in [5.74, 6) is 2.87. The summed E-state index contributed by atoms with van der Waals surface area (Å²) in [6.07, 6.45) is 2.34. The van der Waals surface area contributed by atoms with Gasteiger partial charge in [-0.05, 0) is 29.9 Å². The minimum absolute atomic E-state index is 0.334. The summed E-state index contributed by atoms with van der Waals surface area (Å²) in [6, 6.07) is 8.67. The summed E-state index contributed by atoms with van der Waals surface area (Å²) < 4.78 is 11.5. The molecular weight excluding hydrogens is 370 g/mol. The largest absolute Gasteiger partial charge is 0.381 e. The second-order valence-corrected chi connectivity index (χ2v) is 9.29. The average Bonchev–Trinajstić information content (AvgIpc) is 2.74. The van der Waals surface area contributed by atoms with Crippen molar-refractivity contribution in [3.8, 4) is 0 Å². The first-order chi connectivity index (χ1) is 13.7. The molecule has 2 heterocycles. The molecule has 28 heavy (non-hydrogen) atoms. The normalized spacial score (nSPS) is 21.9. The molecule has 1 N–H and O–H groups in total. The van der Waals surface area contributed by atoms with E-state index in [9.17, 15) is 0 Å². The zero-order chi connectivity index (χ0) is 19.8. The Hall–Kier alpha value is -1.24. The molecule has 1 aromatic rings. The van der Waals surface area contributed by atoms with Crippen molar-refractivity contribution >= 4 is 17.7 Å². The Labute approximate surface area is 174 Å². The predicted molar refractivity (Wildman–Crippen MR) is 118 cm³/mol. The predicted octanol–water partition coefficient (Wildman–Crippen LogP) is 3.53. The molecule has 5 nitrogen and oxygen atoms in total. The third kappa shape index (κ3) is 6.39. The van der Waals surface area contributed by atoms with E-state index < -0.39 is 0 Å². The van der Waals surface area contributed by atoms with Gasteiger partial charge in [-0.25, -0.2) is 0 Å². The second kappa shape index (κ2) is 11.1. The first kappa shape index (κ1) is 21.5. The molecule has 156 valence electrons. The number of hydrogen-bond donors (Lipinski definition) is 1. The summed E-state index contributed by atoms with van der Waals surface area (Å²) in [4.78, 5) is 6.93. The van der Waals surface area contributed by atoms with E-state index in [-0.39, 0.29) is 0 Å². The van der Waals surface area contributed by atoms with Gasteiger partial charge in [0.15, 0.2) is 5.96 Å². The molecule has 0 amide bonds. The molecule has 1 atom stereocenters. The highest BCUT2D eigenvalue weighted by atomic mass is 32.2. The Kier molecular flexibility index (Phi) is 8.49. The van der Waals surface area contributed by atoms with Crippen LogP contribution in [-0.2, 0) is 22.6 Å². The van der Waals surface area contributed by atoms with Crippen molar-refractivity contribution in [1.29, 1.82) is 0 Å². The maximum absolute atomic E-state index is 6.07. The van der Waals surface area contributed by atoms with E-state index in [0.29, 0.717) is 23.9 Å². The van der Waals surface area contributed by atoms with Crippen molar-refractivity contribution in [3.05, 3.63) is 35.4 Å². The van der Waals surface area contributed by atoms with Crippen LogP contribution in [0.25, 0.3) is 0 Å². The molecule has 3 rings (SSSR count). The van der Waals surface area contributed by atoms with Crippen LogP contribution < -0.4 is 5.32 Å². The third-order valence-electron chi connectivity index (χ3n) is 5.44. The van der Waals surface area contributed by atoms with E-state index >= 15 is 0 Å². The molecule has 2 saturated heterocycles. The number of nitrogens with one attached hydrogen (secondary N) is 1. The highest BCUT2D eigenvalue weighted by Gasteiger charge is 2.24. The Bertz CT molecular complexity index is 632. The number of rotatable bonds is 6. The van der Waals surface area contributed by atoms with Gasteiger partial charge in [0.05, 0.1) is 12.7 Å². The van der Waals surface area contributed by atoms with Crippen molar-refractivity contribution in [2.45, 2.75) is 51.2 Å². The number of guanidine groups is 1. The Balaban J connectivity index is 1.50. The highest BCUT2D eigenvalue weighted by Crippen LogP contribution is 2.25. The SMILES string of the molecule is CN=C(NCc1cccc(COC2CCOCC2)c1)N1CCSC(C(C)C)C1. The van der Waals surface area contributed by atoms with Crippen molar-refractivity contribution in [3.63, 3.8) is 0 Å². The summed E-state index contributed by atoms with van der Waals surface area (Å²) in [6.45, 7) is 9.85. The molecule has 0 saturated carbocycles. The van der Waals surface area contributed by atoms with Gasteiger partial charge >= 0.3 is 0 Å². The minimum Gasteiger partial charge on any atom is -0.381 e. The summed E-state index contributed by atoms with van der Waals surface area (Å²) in [5, 5.41) is 4.24. The van der Waals surface area contributed by atoms with E-state index in [1.54, 1.807) is 0 Å². The van der Waals surface area contributed by atoms with Crippen LogP contribution in [0.3, 0.4) is 0 Å².